The van der Waals surface area contributed by atoms with Crippen LogP contribution in [0.15, 0.2) is 36.4 Å². The number of nitrogens with one attached hydrogen (secondary N) is 2. The first-order valence-corrected chi connectivity index (χ1v) is 10.2. The summed E-state index contributed by atoms with van der Waals surface area (Å²) in [5, 5.41) is 5.47. The van der Waals surface area contributed by atoms with E-state index in [0.29, 0.717) is 36.0 Å². The van der Waals surface area contributed by atoms with E-state index in [0.717, 1.165) is 22.4 Å². The minimum atomic E-state index is -1.30. The van der Waals surface area contributed by atoms with Gasteiger partial charge in [0.15, 0.2) is 11.5 Å². The summed E-state index contributed by atoms with van der Waals surface area (Å²) in [6.45, 7) is 6.18. The highest BCUT2D eigenvalue weighted by molar-refractivity contribution is 6.10. The number of nitrogens with zero attached hydrogens (tertiary/aromatic N) is 1. The summed E-state index contributed by atoms with van der Waals surface area (Å²) in [6.07, 6.45) is 0.764. The molecule has 2 aliphatic rings. The molecule has 1 unspecified atom stereocenters. The van der Waals surface area contributed by atoms with Crippen molar-refractivity contribution >= 4 is 23.5 Å². The molecule has 0 saturated carbocycles. The first-order chi connectivity index (χ1) is 14.8. The fourth-order valence-corrected chi connectivity index (χ4v) is 3.90. The molecule has 8 heteroatoms. The van der Waals surface area contributed by atoms with Crippen LogP contribution in [0.1, 0.15) is 30.0 Å². The number of amides is 4. The fraction of sp³-hybridized carbons (Fsp3) is 0.348. The molecule has 8 nitrogen and oxygen atoms in total. The number of hydrogen-bond acceptors (Lipinski definition) is 5. The molecule has 0 bridgehead atoms. The highest BCUT2D eigenvalue weighted by Crippen LogP contribution is 2.36. The van der Waals surface area contributed by atoms with Crippen molar-refractivity contribution in [3.8, 4) is 11.5 Å². The second-order valence-electron chi connectivity index (χ2n) is 8.08. The monoisotopic (exact) mass is 423 g/mol. The Morgan fingerprint density at radius 3 is 2.45 bits per heavy atom. The number of fused-ring (bicyclic) bond motifs is 1. The Morgan fingerprint density at radius 2 is 1.74 bits per heavy atom. The SMILES string of the molecule is Cc1cc(C)cc(NC(=O)CN2C(=O)NC(C)(c3ccc4c(c3)OCCCO4)C2=O)c1. The number of imide groups is 1. The Bertz CT molecular complexity index is 1050. The summed E-state index contributed by atoms with van der Waals surface area (Å²) >= 11 is 0. The van der Waals surface area contributed by atoms with Crippen molar-refractivity contribution in [2.75, 3.05) is 25.1 Å². The molecule has 4 rings (SSSR count). The Balaban J connectivity index is 1.51. The van der Waals surface area contributed by atoms with Crippen LogP contribution in [0.3, 0.4) is 0 Å². The van der Waals surface area contributed by atoms with Crippen molar-refractivity contribution in [1.82, 2.24) is 10.2 Å². The quantitative estimate of drug-likeness (QED) is 0.737. The van der Waals surface area contributed by atoms with Gasteiger partial charge in [-0.2, -0.15) is 0 Å². The van der Waals surface area contributed by atoms with E-state index in [1.807, 2.05) is 32.0 Å². The van der Waals surface area contributed by atoms with Gasteiger partial charge in [-0.1, -0.05) is 12.1 Å². The van der Waals surface area contributed by atoms with Gasteiger partial charge >= 0.3 is 6.03 Å². The van der Waals surface area contributed by atoms with Crippen molar-refractivity contribution in [2.45, 2.75) is 32.7 Å². The molecule has 0 aromatic heterocycles. The Hall–Kier alpha value is -3.55. The summed E-state index contributed by atoms with van der Waals surface area (Å²) in [7, 11) is 0. The molecule has 2 heterocycles. The molecule has 0 spiro atoms. The van der Waals surface area contributed by atoms with Crippen LogP contribution in [0.2, 0.25) is 0 Å². The van der Waals surface area contributed by atoms with Gasteiger partial charge in [0, 0.05) is 12.1 Å². The van der Waals surface area contributed by atoms with Gasteiger partial charge in [0.2, 0.25) is 5.91 Å². The second-order valence-corrected chi connectivity index (χ2v) is 8.08. The molecule has 2 aromatic rings. The predicted molar refractivity (Wildman–Crippen MR) is 114 cm³/mol. The Labute approximate surface area is 180 Å². The van der Waals surface area contributed by atoms with Crippen molar-refractivity contribution in [1.29, 1.82) is 0 Å². The molecular formula is C23H25N3O5. The minimum Gasteiger partial charge on any atom is -0.490 e. The lowest BCUT2D eigenvalue weighted by atomic mass is 9.91. The van der Waals surface area contributed by atoms with Crippen LogP contribution in [0.5, 0.6) is 11.5 Å². The van der Waals surface area contributed by atoms with Gasteiger partial charge in [-0.3, -0.25) is 14.5 Å². The first kappa shape index (κ1) is 20.7. The molecule has 31 heavy (non-hydrogen) atoms. The number of anilines is 1. The maximum Gasteiger partial charge on any atom is 0.325 e. The number of urea groups is 1. The van der Waals surface area contributed by atoms with E-state index in [1.165, 1.54) is 0 Å². The number of rotatable bonds is 4. The molecule has 162 valence electrons. The highest BCUT2D eigenvalue weighted by Gasteiger charge is 2.49. The molecule has 1 atom stereocenters. The van der Waals surface area contributed by atoms with E-state index >= 15 is 0 Å². The third-order valence-electron chi connectivity index (χ3n) is 5.41. The summed E-state index contributed by atoms with van der Waals surface area (Å²) in [5.41, 5.74) is 1.90. The van der Waals surface area contributed by atoms with Gasteiger partial charge < -0.3 is 20.1 Å². The number of ether oxygens (including phenoxy) is 2. The topological polar surface area (TPSA) is 97.0 Å². The summed E-state index contributed by atoms with van der Waals surface area (Å²) < 4.78 is 11.3. The van der Waals surface area contributed by atoms with Gasteiger partial charge in [0.05, 0.1) is 13.2 Å². The predicted octanol–water partition coefficient (Wildman–Crippen LogP) is 2.87. The first-order valence-electron chi connectivity index (χ1n) is 10.2. The number of aryl methyl sites for hydroxylation is 2. The number of benzene rings is 2. The van der Waals surface area contributed by atoms with Gasteiger partial charge in [-0.05, 0) is 61.7 Å². The normalized spacial score (nSPS) is 20.3. The average Bonchev–Trinajstić information content (AvgIpc) is 2.87. The Morgan fingerprint density at radius 1 is 1.06 bits per heavy atom. The largest absolute Gasteiger partial charge is 0.490 e. The molecular weight excluding hydrogens is 398 g/mol. The van der Waals surface area contributed by atoms with Gasteiger partial charge in [0.25, 0.3) is 5.91 Å². The summed E-state index contributed by atoms with van der Waals surface area (Å²) in [4.78, 5) is 39.2. The standard InChI is InChI=1S/C23H25N3O5/c1-14-9-15(2)11-17(10-14)24-20(27)13-26-21(28)23(3,25-22(26)29)16-5-6-18-19(12-16)31-8-4-7-30-18/h5-6,9-12H,4,7-8,13H2,1-3H3,(H,24,27)(H,25,29). The third-order valence-corrected chi connectivity index (χ3v) is 5.41. The summed E-state index contributed by atoms with van der Waals surface area (Å²) in [6, 6.07) is 10.2. The van der Waals surface area contributed by atoms with Crippen LogP contribution in [0.4, 0.5) is 10.5 Å². The molecule has 0 aliphatic carbocycles. The van der Waals surface area contributed by atoms with Crippen LogP contribution >= 0.6 is 0 Å². The lowest BCUT2D eigenvalue weighted by Gasteiger charge is -2.23. The molecule has 2 aromatic carbocycles. The smallest absolute Gasteiger partial charge is 0.325 e. The number of carbonyl (C=O) groups is 3. The van der Waals surface area contributed by atoms with Crippen molar-refractivity contribution < 1.29 is 23.9 Å². The lowest BCUT2D eigenvalue weighted by molar-refractivity contribution is -0.133. The van der Waals surface area contributed by atoms with E-state index in [-0.39, 0.29) is 6.54 Å². The van der Waals surface area contributed by atoms with Crippen LogP contribution in [-0.4, -0.2) is 42.5 Å². The zero-order valence-corrected chi connectivity index (χ0v) is 17.8. The van der Waals surface area contributed by atoms with Crippen LogP contribution in [0, 0.1) is 13.8 Å². The van der Waals surface area contributed by atoms with Crippen LogP contribution in [0.25, 0.3) is 0 Å². The van der Waals surface area contributed by atoms with E-state index in [4.69, 9.17) is 9.47 Å². The molecule has 2 aliphatic heterocycles. The van der Waals surface area contributed by atoms with Crippen LogP contribution in [-0.2, 0) is 15.1 Å². The van der Waals surface area contributed by atoms with E-state index in [9.17, 15) is 14.4 Å². The van der Waals surface area contributed by atoms with E-state index in [1.54, 1.807) is 25.1 Å². The molecule has 4 amide bonds. The maximum absolute atomic E-state index is 13.2. The minimum absolute atomic E-state index is 0.377. The van der Waals surface area contributed by atoms with E-state index in [2.05, 4.69) is 10.6 Å². The third kappa shape index (κ3) is 4.05. The highest BCUT2D eigenvalue weighted by atomic mass is 16.5. The van der Waals surface area contributed by atoms with E-state index < -0.39 is 23.4 Å². The lowest BCUT2D eigenvalue weighted by Crippen LogP contribution is -2.42. The van der Waals surface area contributed by atoms with Gasteiger partial charge in [-0.15, -0.1) is 0 Å². The Kier molecular flexibility index (Phi) is 5.31. The van der Waals surface area contributed by atoms with Crippen molar-refractivity contribution in [2.24, 2.45) is 0 Å². The maximum atomic E-state index is 13.2. The van der Waals surface area contributed by atoms with Crippen molar-refractivity contribution in [3.05, 3.63) is 53.1 Å². The number of hydrogen-bond donors (Lipinski definition) is 2. The zero-order valence-electron chi connectivity index (χ0n) is 17.8. The number of carbonyl (C=O) groups excluding carboxylic acids is 3. The average molecular weight is 423 g/mol. The molecule has 1 fully saturated rings. The van der Waals surface area contributed by atoms with Crippen LogP contribution < -0.4 is 20.1 Å². The van der Waals surface area contributed by atoms with Gasteiger partial charge in [-0.25, -0.2) is 4.79 Å². The summed E-state index contributed by atoms with van der Waals surface area (Å²) in [5.74, 6) is 0.189. The zero-order chi connectivity index (χ0) is 22.2. The molecule has 2 N–H and O–H groups in total. The second kappa shape index (κ2) is 7.94. The molecule has 0 radical (unpaired) electrons. The van der Waals surface area contributed by atoms with Gasteiger partial charge in [0.1, 0.15) is 12.1 Å². The van der Waals surface area contributed by atoms with Crippen molar-refractivity contribution in [3.63, 3.8) is 0 Å². The fourth-order valence-electron chi connectivity index (χ4n) is 3.90. The molecule has 1 saturated heterocycles.